The van der Waals surface area contributed by atoms with Crippen LogP contribution in [0, 0.1) is 6.92 Å². The molecule has 1 aromatic heterocycles. The minimum absolute atomic E-state index is 0.0378. The first-order valence-electron chi connectivity index (χ1n) is 5.72. The smallest absolute Gasteiger partial charge is 0.260 e. The van der Waals surface area contributed by atoms with E-state index in [1.807, 2.05) is 0 Å². The molecule has 7 nitrogen and oxygen atoms in total. The Balaban J connectivity index is 2.32. The van der Waals surface area contributed by atoms with E-state index >= 15 is 0 Å². The molecule has 2 heterocycles. The molecule has 0 bridgehead atoms. The Hall–Kier alpha value is -1.41. The summed E-state index contributed by atoms with van der Waals surface area (Å²) >= 11 is 0. The number of nitrogens with zero attached hydrogens (tertiary/aromatic N) is 2. The molecular formula is C10H16N4O3S. The second-order valence-corrected chi connectivity index (χ2v) is 6.08. The highest BCUT2D eigenvalue weighted by Crippen LogP contribution is 2.25. The quantitative estimate of drug-likeness (QED) is 0.784. The molecule has 0 aromatic carbocycles. The first-order chi connectivity index (χ1) is 8.46. The summed E-state index contributed by atoms with van der Waals surface area (Å²) in [5, 5.41) is 2.53. The van der Waals surface area contributed by atoms with Gasteiger partial charge in [-0.25, -0.2) is 13.4 Å². The summed E-state index contributed by atoms with van der Waals surface area (Å²) in [5.74, 6) is 0.261. The summed E-state index contributed by atoms with van der Waals surface area (Å²) in [7, 11) is -2.16. The van der Waals surface area contributed by atoms with Crippen molar-refractivity contribution in [1.29, 1.82) is 0 Å². The van der Waals surface area contributed by atoms with E-state index in [1.54, 1.807) is 6.92 Å². The zero-order valence-electron chi connectivity index (χ0n) is 10.3. The monoisotopic (exact) mass is 272 g/mol. The lowest BCUT2D eigenvalue weighted by Gasteiger charge is -2.21. The Labute approximate surface area is 106 Å². The molecule has 100 valence electrons. The van der Waals surface area contributed by atoms with E-state index in [1.165, 1.54) is 17.5 Å². The lowest BCUT2D eigenvalue weighted by molar-refractivity contribution is -0.123. The fourth-order valence-electron chi connectivity index (χ4n) is 2.11. The van der Waals surface area contributed by atoms with E-state index < -0.39 is 16.1 Å². The second kappa shape index (κ2) is 4.69. The van der Waals surface area contributed by atoms with Crippen molar-refractivity contribution in [2.45, 2.75) is 30.8 Å². The summed E-state index contributed by atoms with van der Waals surface area (Å²) in [6.45, 7) is 2.04. The maximum Gasteiger partial charge on any atom is 0.260 e. The molecule has 18 heavy (non-hydrogen) atoms. The molecule has 1 unspecified atom stereocenters. The minimum Gasteiger partial charge on any atom is -0.358 e. The second-order valence-electron chi connectivity index (χ2n) is 4.22. The van der Waals surface area contributed by atoms with Crippen LogP contribution < -0.4 is 5.32 Å². The number of nitrogens with one attached hydrogen (secondary N) is 2. The predicted molar refractivity (Wildman–Crippen MR) is 64.3 cm³/mol. The van der Waals surface area contributed by atoms with E-state index in [4.69, 9.17) is 0 Å². The Morgan fingerprint density at radius 1 is 1.61 bits per heavy atom. The van der Waals surface area contributed by atoms with Crippen molar-refractivity contribution in [1.82, 2.24) is 19.6 Å². The highest BCUT2D eigenvalue weighted by atomic mass is 32.2. The summed E-state index contributed by atoms with van der Waals surface area (Å²) in [6, 6.07) is -0.622. The van der Waals surface area contributed by atoms with Gasteiger partial charge in [0.05, 0.1) is 6.20 Å². The number of aryl methyl sites for hydroxylation is 1. The third-order valence-corrected chi connectivity index (χ3v) is 4.84. The lowest BCUT2D eigenvalue weighted by Crippen LogP contribution is -2.44. The first kappa shape index (κ1) is 13.0. The van der Waals surface area contributed by atoms with Gasteiger partial charge in [0, 0.05) is 13.6 Å². The SMILES string of the molecule is CNC(=O)C1CCCN1S(=O)(=O)c1cnc(C)[nH]1. The van der Waals surface area contributed by atoms with Gasteiger partial charge in [0.25, 0.3) is 10.0 Å². The van der Waals surface area contributed by atoms with Crippen molar-refractivity contribution >= 4 is 15.9 Å². The maximum atomic E-state index is 12.4. The topological polar surface area (TPSA) is 95.2 Å². The predicted octanol–water partition coefficient (Wildman–Crippen LogP) is -0.383. The van der Waals surface area contributed by atoms with Crippen molar-refractivity contribution in [2.75, 3.05) is 13.6 Å². The number of H-pyrrole nitrogens is 1. The molecule has 2 rings (SSSR count). The summed E-state index contributed by atoms with van der Waals surface area (Å²) < 4.78 is 25.9. The van der Waals surface area contributed by atoms with Gasteiger partial charge in [0.1, 0.15) is 11.9 Å². The van der Waals surface area contributed by atoms with Crippen LogP contribution in [-0.4, -0.2) is 48.2 Å². The minimum atomic E-state index is -3.67. The molecule has 1 saturated heterocycles. The normalized spacial score (nSPS) is 21.1. The largest absolute Gasteiger partial charge is 0.358 e. The van der Waals surface area contributed by atoms with Crippen LogP contribution in [0.25, 0.3) is 0 Å². The van der Waals surface area contributed by atoms with Crippen LogP contribution in [0.2, 0.25) is 0 Å². The zero-order chi connectivity index (χ0) is 13.3. The number of imidazole rings is 1. The average Bonchev–Trinajstić information content (AvgIpc) is 2.96. The number of amides is 1. The van der Waals surface area contributed by atoms with Gasteiger partial charge in [-0.15, -0.1) is 0 Å². The van der Waals surface area contributed by atoms with Gasteiger partial charge in [-0.3, -0.25) is 4.79 Å². The Kier molecular flexibility index (Phi) is 3.40. The number of aromatic amines is 1. The van der Waals surface area contributed by atoms with Crippen LogP contribution in [0.1, 0.15) is 18.7 Å². The molecule has 0 radical (unpaired) electrons. The van der Waals surface area contributed by atoms with Crippen molar-refractivity contribution in [3.05, 3.63) is 12.0 Å². The highest BCUT2D eigenvalue weighted by molar-refractivity contribution is 7.89. The number of hydrogen-bond acceptors (Lipinski definition) is 4. The van der Waals surface area contributed by atoms with Crippen molar-refractivity contribution in [2.24, 2.45) is 0 Å². The summed E-state index contributed by atoms with van der Waals surface area (Å²) in [6.07, 6.45) is 2.51. The Morgan fingerprint density at radius 3 is 2.89 bits per heavy atom. The number of hydrogen-bond donors (Lipinski definition) is 2. The number of sulfonamides is 1. The number of rotatable bonds is 3. The summed E-state index contributed by atoms with van der Waals surface area (Å²) in [5.41, 5.74) is 0. The zero-order valence-corrected chi connectivity index (χ0v) is 11.1. The Bertz CT molecular complexity index is 551. The van der Waals surface area contributed by atoms with Crippen LogP contribution in [-0.2, 0) is 14.8 Å². The van der Waals surface area contributed by atoms with E-state index in [-0.39, 0.29) is 10.9 Å². The molecule has 0 aliphatic carbocycles. The molecule has 1 aliphatic heterocycles. The molecule has 1 fully saturated rings. The van der Waals surface area contributed by atoms with Gasteiger partial charge in [-0.1, -0.05) is 0 Å². The number of likely N-dealkylation sites (N-methyl/N-ethyl adjacent to an activating group) is 1. The first-order valence-corrected chi connectivity index (χ1v) is 7.16. The molecule has 2 N–H and O–H groups in total. The molecule has 1 amide bonds. The van der Waals surface area contributed by atoms with Gasteiger partial charge < -0.3 is 10.3 Å². The molecule has 1 atom stereocenters. The Morgan fingerprint density at radius 2 is 2.33 bits per heavy atom. The number of aromatic nitrogens is 2. The van der Waals surface area contributed by atoms with Crippen LogP contribution in [0.5, 0.6) is 0 Å². The van der Waals surface area contributed by atoms with Crippen molar-refractivity contribution in [3.8, 4) is 0 Å². The van der Waals surface area contributed by atoms with Crippen LogP contribution in [0.4, 0.5) is 0 Å². The van der Waals surface area contributed by atoms with Gasteiger partial charge >= 0.3 is 0 Å². The van der Waals surface area contributed by atoms with Gasteiger partial charge in [-0.2, -0.15) is 4.31 Å². The van der Waals surface area contributed by atoms with Crippen molar-refractivity contribution < 1.29 is 13.2 Å². The molecule has 0 saturated carbocycles. The molecule has 1 aliphatic rings. The highest BCUT2D eigenvalue weighted by Gasteiger charge is 2.39. The third-order valence-electron chi connectivity index (χ3n) is 3.02. The molecule has 0 spiro atoms. The van der Waals surface area contributed by atoms with Crippen molar-refractivity contribution in [3.63, 3.8) is 0 Å². The van der Waals surface area contributed by atoms with Gasteiger partial charge in [-0.05, 0) is 19.8 Å². The summed E-state index contributed by atoms with van der Waals surface area (Å²) in [4.78, 5) is 18.2. The van der Waals surface area contributed by atoms with Crippen LogP contribution in [0.3, 0.4) is 0 Å². The average molecular weight is 272 g/mol. The number of carbonyl (C=O) groups is 1. The van der Waals surface area contributed by atoms with E-state index in [0.29, 0.717) is 25.2 Å². The van der Waals surface area contributed by atoms with Gasteiger partial charge in [0.2, 0.25) is 5.91 Å². The van der Waals surface area contributed by atoms with E-state index in [2.05, 4.69) is 15.3 Å². The van der Waals surface area contributed by atoms with Crippen LogP contribution in [0.15, 0.2) is 11.2 Å². The fourth-order valence-corrected chi connectivity index (χ4v) is 3.73. The van der Waals surface area contributed by atoms with E-state index in [0.717, 1.165) is 0 Å². The lowest BCUT2D eigenvalue weighted by atomic mass is 10.2. The maximum absolute atomic E-state index is 12.4. The van der Waals surface area contributed by atoms with E-state index in [9.17, 15) is 13.2 Å². The fraction of sp³-hybridized carbons (Fsp3) is 0.600. The molecule has 1 aromatic rings. The van der Waals surface area contributed by atoms with Crippen LogP contribution >= 0.6 is 0 Å². The molecular weight excluding hydrogens is 256 g/mol. The van der Waals surface area contributed by atoms with Gasteiger partial charge in [0.15, 0.2) is 5.03 Å². The third kappa shape index (κ3) is 2.13. The number of carbonyl (C=O) groups excluding carboxylic acids is 1. The molecule has 8 heteroatoms. The standard InChI is InChI=1S/C10H16N4O3S/c1-7-12-6-9(13-7)18(16,17)14-5-3-4-8(14)10(15)11-2/h6,8H,3-5H2,1-2H3,(H,11,15)(H,12,13).